The number of benzene rings is 1. The molecule has 3 nitrogen and oxygen atoms in total. The van der Waals surface area contributed by atoms with Gasteiger partial charge in [0.25, 0.3) is 0 Å². The fourth-order valence-electron chi connectivity index (χ4n) is 5.97. The van der Waals surface area contributed by atoms with Gasteiger partial charge < -0.3 is 14.7 Å². The Bertz CT molecular complexity index is 628. The lowest BCUT2D eigenvalue weighted by molar-refractivity contribution is -0.0226. The SMILES string of the molecule is CN(C)CCOc1ccc2c(c1)CC[C@@H]1[C@@H]2CC[C@]2(C)[C@H](O)CC[C@@H]12. The van der Waals surface area contributed by atoms with Crippen LogP contribution in [0.15, 0.2) is 18.2 Å². The van der Waals surface area contributed by atoms with Gasteiger partial charge in [0, 0.05) is 6.54 Å². The van der Waals surface area contributed by atoms with Crippen LogP contribution in [-0.4, -0.2) is 43.4 Å². The van der Waals surface area contributed by atoms with E-state index >= 15 is 0 Å². The molecule has 25 heavy (non-hydrogen) atoms. The summed E-state index contributed by atoms with van der Waals surface area (Å²) in [5.41, 5.74) is 3.25. The van der Waals surface area contributed by atoms with E-state index < -0.39 is 0 Å². The Balaban J connectivity index is 1.51. The molecule has 3 aliphatic carbocycles. The Hall–Kier alpha value is -1.06. The van der Waals surface area contributed by atoms with Crippen LogP contribution in [-0.2, 0) is 6.42 Å². The van der Waals surface area contributed by atoms with Crippen LogP contribution in [0.4, 0.5) is 0 Å². The maximum atomic E-state index is 10.5. The van der Waals surface area contributed by atoms with Gasteiger partial charge in [-0.15, -0.1) is 0 Å². The number of ether oxygens (including phenoxy) is 1. The van der Waals surface area contributed by atoms with Crippen LogP contribution in [0.3, 0.4) is 0 Å². The van der Waals surface area contributed by atoms with E-state index in [4.69, 9.17) is 4.74 Å². The van der Waals surface area contributed by atoms with E-state index in [2.05, 4.69) is 44.1 Å². The standard InChI is InChI=1S/C22H33NO2/c1-22-11-10-18-17-7-5-16(25-13-12-23(2)3)14-15(17)4-6-19(18)20(22)8-9-21(22)24/h5,7,14,18-21,24H,4,6,8-13H2,1-3H3/t18-,19-,20+,21-,22+/m1/s1. The van der Waals surface area contributed by atoms with E-state index in [0.29, 0.717) is 11.8 Å². The molecule has 4 rings (SSSR count). The quantitative estimate of drug-likeness (QED) is 0.901. The van der Waals surface area contributed by atoms with Crippen LogP contribution in [0.25, 0.3) is 0 Å². The average Bonchev–Trinajstić information content (AvgIpc) is 2.89. The number of aliphatic hydroxyl groups is 1. The van der Waals surface area contributed by atoms with E-state index in [9.17, 15) is 5.11 Å². The summed E-state index contributed by atoms with van der Waals surface area (Å²) in [7, 11) is 4.15. The molecule has 3 heteroatoms. The minimum Gasteiger partial charge on any atom is -0.492 e. The fraction of sp³-hybridized carbons (Fsp3) is 0.727. The number of nitrogens with zero attached hydrogens (tertiary/aromatic N) is 1. The number of rotatable bonds is 4. The Morgan fingerprint density at radius 3 is 2.84 bits per heavy atom. The van der Waals surface area contributed by atoms with Gasteiger partial charge in [0.05, 0.1) is 6.10 Å². The van der Waals surface area contributed by atoms with Crippen molar-refractivity contribution in [2.45, 2.75) is 57.5 Å². The molecule has 0 aromatic heterocycles. The van der Waals surface area contributed by atoms with Crippen molar-refractivity contribution in [2.75, 3.05) is 27.2 Å². The fourth-order valence-corrected chi connectivity index (χ4v) is 5.97. The summed E-state index contributed by atoms with van der Waals surface area (Å²) < 4.78 is 5.94. The molecule has 0 spiro atoms. The van der Waals surface area contributed by atoms with Crippen molar-refractivity contribution in [3.05, 3.63) is 29.3 Å². The van der Waals surface area contributed by atoms with Gasteiger partial charge in [-0.3, -0.25) is 0 Å². The van der Waals surface area contributed by atoms with Crippen LogP contribution in [0.2, 0.25) is 0 Å². The van der Waals surface area contributed by atoms with Gasteiger partial charge in [-0.25, -0.2) is 0 Å². The molecular formula is C22H33NO2. The highest BCUT2D eigenvalue weighted by atomic mass is 16.5. The van der Waals surface area contributed by atoms with E-state index in [-0.39, 0.29) is 11.5 Å². The van der Waals surface area contributed by atoms with Gasteiger partial charge in [-0.1, -0.05) is 13.0 Å². The van der Waals surface area contributed by atoms with Crippen molar-refractivity contribution < 1.29 is 9.84 Å². The Morgan fingerprint density at radius 1 is 1.20 bits per heavy atom. The summed E-state index contributed by atoms with van der Waals surface area (Å²) in [5, 5.41) is 10.5. The molecule has 5 atom stereocenters. The molecule has 3 aliphatic rings. The molecular weight excluding hydrogens is 310 g/mol. The molecule has 1 aromatic carbocycles. The van der Waals surface area contributed by atoms with Crippen molar-refractivity contribution in [1.29, 1.82) is 0 Å². The highest BCUT2D eigenvalue weighted by Gasteiger charge is 2.54. The highest BCUT2D eigenvalue weighted by Crippen LogP contribution is 2.60. The number of fused-ring (bicyclic) bond motifs is 5. The molecule has 0 radical (unpaired) electrons. The van der Waals surface area contributed by atoms with Gasteiger partial charge in [0.15, 0.2) is 0 Å². The van der Waals surface area contributed by atoms with Crippen LogP contribution in [0, 0.1) is 17.3 Å². The van der Waals surface area contributed by atoms with Gasteiger partial charge in [-0.05, 0) is 99.0 Å². The average molecular weight is 344 g/mol. The van der Waals surface area contributed by atoms with Crippen molar-refractivity contribution in [3.8, 4) is 5.75 Å². The molecule has 0 saturated heterocycles. The molecule has 0 bridgehead atoms. The van der Waals surface area contributed by atoms with Crippen molar-refractivity contribution in [3.63, 3.8) is 0 Å². The molecule has 1 N–H and O–H groups in total. The van der Waals surface area contributed by atoms with Crippen LogP contribution >= 0.6 is 0 Å². The molecule has 0 unspecified atom stereocenters. The normalized spacial score (nSPS) is 36.7. The summed E-state index contributed by atoms with van der Waals surface area (Å²) in [6.45, 7) is 4.04. The summed E-state index contributed by atoms with van der Waals surface area (Å²) in [6, 6.07) is 6.80. The molecule has 0 heterocycles. The van der Waals surface area contributed by atoms with Crippen molar-refractivity contribution in [1.82, 2.24) is 4.90 Å². The molecule has 0 amide bonds. The molecule has 0 aliphatic heterocycles. The zero-order valence-corrected chi connectivity index (χ0v) is 16.0. The van der Waals surface area contributed by atoms with E-state index in [1.165, 1.54) is 37.7 Å². The smallest absolute Gasteiger partial charge is 0.119 e. The third-order valence-corrected chi connectivity index (χ3v) is 7.46. The Kier molecular flexibility index (Phi) is 4.57. The monoisotopic (exact) mass is 343 g/mol. The summed E-state index contributed by atoms with van der Waals surface area (Å²) in [6.07, 6.45) is 7.03. The topological polar surface area (TPSA) is 32.7 Å². The molecule has 138 valence electrons. The summed E-state index contributed by atoms with van der Waals surface area (Å²) in [4.78, 5) is 2.15. The molecule has 2 fully saturated rings. The van der Waals surface area contributed by atoms with E-state index in [1.807, 2.05) is 0 Å². The van der Waals surface area contributed by atoms with Gasteiger partial charge in [-0.2, -0.15) is 0 Å². The number of hydrogen-bond donors (Lipinski definition) is 1. The number of hydrogen-bond acceptors (Lipinski definition) is 3. The first-order valence-corrected chi connectivity index (χ1v) is 10.1. The summed E-state index contributed by atoms with van der Waals surface area (Å²) >= 11 is 0. The lowest BCUT2D eigenvalue weighted by Crippen LogP contribution is -2.43. The predicted octanol–water partition coefficient (Wildman–Crippen LogP) is 3.84. The van der Waals surface area contributed by atoms with Gasteiger partial charge in [0.2, 0.25) is 0 Å². The molecule has 1 aromatic rings. The summed E-state index contributed by atoms with van der Waals surface area (Å²) in [5.74, 6) is 3.20. The number of aliphatic hydroxyl groups excluding tert-OH is 1. The minimum atomic E-state index is -0.0766. The minimum absolute atomic E-state index is 0.0766. The largest absolute Gasteiger partial charge is 0.492 e. The Morgan fingerprint density at radius 2 is 2.04 bits per heavy atom. The van der Waals surface area contributed by atoms with Crippen LogP contribution in [0.1, 0.15) is 56.1 Å². The second-order valence-corrected chi connectivity index (χ2v) is 9.07. The third-order valence-electron chi connectivity index (χ3n) is 7.46. The first kappa shape index (κ1) is 17.4. The third kappa shape index (κ3) is 3.00. The number of aryl methyl sites for hydroxylation is 1. The first-order chi connectivity index (χ1) is 12.0. The highest BCUT2D eigenvalue weighted by molar-refractivity contribution is 5.40. The predicted molar refractivity (Wildman–Crippen MR) is 101 cm³/mol. The van der Waals surface area contributed by atoms with E-state index in [0.717, 1.165) is 31.2 Å². The lowest BCUT2D eigenvalue weighted by atomic mass is 9.55. The van der Waals surface area contributed by atoms with Crippen LogP contribution in [0.5, 0.6) is 5.75 Å². The Labute approximate surface area is 152 Å². The second kappa shape index (κ2) is 6.59. The first-order valence-electron chi connectivity index (χ1n) is 10.1. The molecule has 2 saturated carbocycles. The van der Waals surface area contributed by atoms with Crippen molar-refractivity contribution in [2.24, 2.45) is 17.3 Å². The van der Waals surface area contributed by atoms with Crippen LogP contribution < -0.4 is 4.74 Å². The lowest BCUT2D eigenvalue weighted by Gasteiger charge is -2.50. The zero-order chi connectivity index (χ0) is 17.6. The van der Waals surface area contributed by atoms with Gasteiger partial charge in [0.1, 0.15) is 12.4 Å². The van der Waals surface area contributed by atoms with Crippen molar-refractivity contribution >= 4 is 0 Å². The number of likely N-dealkylation sites (N-methyl/N-ethyl adjacent to an activating group) is 1. The second-order valence-electron chi connectivity index (χ2n) is 9.07. The maximum absolute atomic E-state index is 10.5. The maximum Gasteiger partial charge on any atom is 0.119 e. The zero-order valence-electron chi connectivity index (χ0n) is 16.0. The van der Waals surface area contributed by atoms with Gasteiger partial charge >= 0.3 is 0 Å². The van der Waals surface area contributed by atoms with E-state index in [1.54, 1.807) is 5.56 Å².